The van der Waals surface area contributed by atoms with Crippen LogP contribution in [0.15, 0.2) is 12.4 Å². The Morgan fingerprint density at radius 2 is 2.05 bits per heavy atom. The maximum atomic E-state index is 13.1. The molecular formula is C12H15F5N4. The molecule has 2 rings (SSSR count). The topological polar surface area (TPSA) is 49.8 Å². The highest BCUT2D eigenvalue weighted by molar-refractivity contribution is 5.31. The average molecular weight is 310 g/mol. The van der Waals surface area contributed by atoms with Gasteiger partial charge in [-0.1, -0.05) is 6.92 Å². The molecule has 1 aromatic heterocycles. The van der Waals surface area contributed by atoms with Crippen molar-refractivity contribution >= 4 is 5.82 Å². The van der Waals surface area contributed by atoms with E-state index in [-0.39, 0.29) is 30.7 Å². The second-order valence-electron chi connectivity index (χ2n) is 5.19. The molecule has 1 aliphatic heterocycles. The van der Waals surface area contributed by atoms with E-state index in [0.29, 0.717) is 6.20 Å². The number of nitrogens with one attached hydrogen (secondary N) is 2. The highest BCUT2D eigenvalue weighted by Crippen LogP contribution is 2.29. The smallest absolute Gasteiger partial charge is 0.367 e. The molecule has 0 radical (unpaired) electrons. The van der Waals surface area contributed by atoms with Gasteiger partial charge >= 0.3 is 6.18 Å². The molecule has 2 N–H and O–H groups in total. The monoisotopic (exact) mass is 310 g/mol. The number of nitrogens with zero attached hydrogens (tertiary/aromatic N) is 2. The summed E-state index contributed by atoms with van der Waals surface area (Å²) in [5, 5.41) is 5.53. The molecule has 2 atom stereocenters. The summed E-state index contributed by atoms with van der Waals surface area (Å²) < 4.78 is 63.2. The number of hydrogen-bond donors (Lipinski definition) is 2. The van der Waals surface area contributed by atoms with Gasteiger partial charge in [0.25, 0.3) is 5.92 Å². The van der Waals surface area contributed by atoms with Crippen LogP contribution in [0.4, 0.5) is 27.8 Å². The lowest BCUT2D eigenvalue weighted by Gasteiger charge is -2.35. The highest BCUT2D eigenvalue weighted by atomic mass is 19.4. The van der Waals surface area contributed by atoms with Crippen LogP contribution in [0.1, 0.15) is 19.0 Å². The number of aromatic nitrogens is 2. The molecule has 1 saturated heterocycles. The van der Waals surface area contributed by atoms with Crippen molar-refractivity contribution in [3.05, 3.63) is 18.1 Å². The van der Waals surface area contributed by atoms with Crippen LogP contribution in [0.3, 0.4) is 0 Å². The van der Waals surface area contributed by atoms with Gasteiger partial charge in [0, 0.05) is 19.0 Å². The van der Waals surface area contributed by atoms with Crippen LogP contribution in [0.25, 0.3) is 0 Å². The van der Waals surface area contributed by atoms with Gasteiger partial charge in [-0.15, -0.1) is 0 Å². The second-order valence-corrected chi connectivity index (χ2v) is 5.19. The van der Waals surface area contributed by atoms with Gasteiger partial charge in [-0.2, -0.15) is 13.2 Å². The quantitative estimate of drug-likeness (QED) is 0.843. The summed E-state index contributed by atoms with van der Waals surface area (Å²) in [6, 6.07) is -0.200. The Morgan fingerprint density at radius 1 is 1.33 bits per heavy atom. The van der Waals surface area contributed by atoms with E-state index in [1.165, 1.54) is 0 Å². The Labute approximate surface area is 118 Å². The number of alkyl halides is 5. The Kier molecular flexibility index (Phi) is 4.31. The Balaban J connectivity index is 1.89. The first-order valence-corrected chi connectivity index (χ1v) is 6.42. The van der Waals surface area contributed by atoms with E-state index in [9.17, 15) is 22.0 Å². The van der Waals surface area contributed by atoms with E-state index < -0.39 is 24.3 Å². The predicted octanol–water partition coefficient (Wildman–Crippen LogP) is 2.54. The molecule has 118 valence electrons. The molecule has 9 heteroatoms. The number of piperidine rings is 1. The lowest BCUT2D eigenvalue weighted by Crippen LogP contribution is -2.52. The van der Waals surface area contributed by atoms with Gasteiger partial charge in [0.05, 0.1) is 18.9 Å². The standard InChI is InChI=1S/C12H15F5N4/c1-7-2-11(13,14)6-21-8(7)3-19-10-5-18-9(4-20-10)12(15,16)17/h4-5,7-8,21H,2-3,6H2,1H3,(H,19,20). The minimum absolute atomic E-state index is 0.175. The van der Waals surface area contributed by atoms with Gasteiger partial charge < -0.3 is 10.6 Å². The third kappa shape index (κ3) is 4.23. The number of halogens is 5. The fourth-order valence-electron chi connectivity index (χ4n) is 2.22. The average Bonchev–Trinajstić information content (AvgIpc) is 2.36. The summed E-state index contributed by atoms with van der Waals surface area (Å²) >= 11 is 0. The number of hydrogen-bond acceptors (Lipinski definition) is 4. The van der Waals surface area contributed by atoms with Crippen LogP contribution < -0.4 is 10.6 Å². The molecule has 4 nitrogen and oxygen atoms in total. The van der Waals surface area contributed by atoms with Crippen LogP contribution in [0.2, 0.25) is 0 Å². The Bertz CT molecular complexity index is 474. The molecule has 2 heterocycles. The third-order valence-electron chi connectivity index (χ3n) is 3.38. The van der Waals surface area contributed by atoms with Crippen LogP contribution >= 0.6 is 0 Å². The molecular weight excluding hydrogens is 295 g/mol. The van der Waals surface area contributed by atoms with E-state index in [1.54, 1.807) is 6.92 Å². The molecule has 0 bridgehead atoms. The van der Waals surface area contributed by atoms with E-state index in [2.05, 4.69) is 20.6 Å². The fourth-order valence-corrected chi connectivity index (χ4v) is 2.22. The summed E-state index contributed by atoms with van der Waals surface area (Å²) in [5.74, 6) is -2.80. The lowest BCUT2D eigenvalue weighted by molar-refractivity contribution is -0.141. The molecule has 0 aromatic carbocycles. The Hall–Kier alpha value is -1.51. The van der Waals surface area contributed by atoms with Crippen molar-refractivity contribution in [1.29, 1.82) is 0 Å². The maximum Gasteiger partial charge on any atom is 0.434 e. The summed E-state index contributed by atoms with van der Waals surface area (Å²) in [6.45, 7) is 1.59. The van der Waals surface area contributed by atoms with Gasteiger partial charge in [0.2, 0.25) is 0 Å². The van der Waals surface area contributed by atoms with E-state index >= 15 is 0 Å². The van der Waals surface area contributed by atoms with Crippen molar-refractivity contribution in [2.45, 2.75) is 31.5 Å². The zero-order valence-electron chi connectivity index (χ0n) is 11.2. The van der Waals surface area contributed by atoms with Gasteiger partial charge in [0.1, 0.15) is 5.82 Å². The molecule has 0 spiro atoms. The maximum absolute atomic E-state index is 13.1. The van der Waals surface area contributed by atoms with Crippen molar-refractivity contribution in [3.8, 4) is 0 Å². The van der Waals surface area contributed by atoms with E-state index in [1.807, 2.05) is 0 Å². The van der Waals surface area contributed by atoms with Crippen LogP contribution in [-0.4, -0.2) is 35.0 Å². The minimum Gasteiger partial charge on any atom is -0.367 e. The zero-order valence-corrected chi connectivity index (χ0v) is 11.2. The largest absolute Gasteiger partial charge is 0.434 e. The van der Waals surface area contributed by atoms with Crippen molar-refractivity contribution in [3.63, 3.8) is 0 Å². The van der Waals surface area contributed by atoms with E-state index in [0.717, 1.165) is 6.20 Å². The molecule has 0 amide bonds. The zero-order chi connectivity index (χ0) is 15.7. The fraction of sp³-hybridized carbons (Fsp3) is 0.667. The minimum atomic E-state index is -4.53. The molecule has 1 aliphatic rings. The summed E-state index contributed by atoms with van der Waals surface area (Å²) in [7, 11) is 0. The Morgan fingerprint density at radius 3 is 2.57 bits per heavy atom. The van der Waals surface area contributed by atoms with Crippen LogP contribution in [0, 0.1) is 5.92 Å². The third-order valence-corrected chi connectivity index (χ3v) is 3.38. The molecule has 1 fully saturated rings. The lowest BCUT2D eigenvalue weighted by atomic mass is 9.90. The van der Waals surface area contributed by atoms with Crippen LogP contribution in [-0.2, 0) is 6.18 Å². The molecule has 2 unspecified atom stereocenters. The van der Waals surface area contributed by atoms with Crippen LogP contribution in [0.5, 0.6) is 0 Å². The first-order valence-electron chi connectivity index (χ1n) is 6.42. The SMILES string of the molecule is CC1CC(F)(F)CNC1CNc1cnc(C(F)(F)F)cn1. The normalized spacial score (nSPS) is 25.6. The first-order chi connectivity index (χ1) is 9.67. The summed E-state index contributed by atoms with van der Waals surface area (Å²) in [5.41, 5.74) is -1.07. The van der Waals surface area contributed by atoms with Crippen molar-refractivity contribution in [1.82, 2.24) is 15.3 Å². The van der Waals surface area contributed by atoms with Crippen molar-refractivity contribution in [2.75, 3.05) is 18.4 Å². The van der Waals surface area contributed by atoms with Gasteiger partial charge in [-0.05, 0) is 5.92 Å². The molecule has 21 heavy (non-hydrogen) atoms. The summed E-state index contributed by atoms with van der Waals surface area (Å²) in [6.07, 6.45) is -3.14. The highest BCUT2D eigenvalue weighted by Gasteiger charge is 2.39. The number of anilines is 1. The van der Waals surface area contributed by atoms with Gasteiger partial charge in [-0.25, -0.2) is 18.7 Å². The molecule has 0 saturated carbocycles. The second kappa shape index (κ2) is 5.70. The summed E-state index contributed by atoms with van der Waals surface area (Å²) in [4.78, 5) is 6.88. The van der Waals surface area contributed by atoms with Crippen molar-refractivity contribution < 1.29 is 22.0 Å². The first kappa shape index (κ1) is 15.9. The van der Waals surface area contributed by atoms with Gasteiger partial charge in [-0.3, -0.25) is 0 Å². The number of rotatable bonds is 3. The predicted molar refractivity (Wildman–Crippen MR) is 66.0 cm³/mol. The molecule has 0 aliphatic carbocycles. The van der Waals surface area contributed by atoms with E-state index in [4.69, 9.17) is 0 Å². The molecule has 1 aromatic rings. The van der Waals surface area contributed by atoms with Crippen molar-refractivity contribution in [2.24, 2.45) is 5.92 Å². The van der Waals surface area contributed by atoms with Gasteiger partial charge in [0.15, 0.2) is 5.69 Å².